The number of hydrogen-bond acceptors (Lipinski definition) is 2. The van der Waals surface area contributed by atoms with Gasteiger partial charge >= 0.3 is 0 Å². The molecule has 0 saturated carbocycles. The molecular weight excluding hydrogens is 660 g/mol. The maximum atomic E-state index is 6.19. The summed E-state index contributed by atoms with van der Waals surface area (Å²) in [5.41, 5.74) is 1.88. The van der Waals surface area contributed by atoms with Gasteiger partial charge in [-0.1, -0.05) is 90.3 Å². The highest BCUT2D eigenvalue weighted by atomic mass is 79.9. The summed E-state index contributed by atoms with van der Waals surface area (Å²) in [5, 5.41) is -0.397. The van der Waals surface area contributed by atoms with Crippen molar-refractivity contribution in [2.24, 2.45) is 0 Å². The van der Waals surface area contributed by atoms with E-state index in [1.165, 1.54) is 0 Å². The van der Waals surface area contributed by atoms with E-state index in [0.29, 0.717) is 5.75 Å². The second-order valence-corrected chi connectivity index (χ2v) is 14.4. The SMILES string of the molecule is CC(C)(C)OC(Br)C(Br)(Br)C(Br)(Br)Oc1cccc(-c2ccccc2)c1. The zero-order chi connectivity index (χ0) is 19.6. The minimum Gasteiger partial charge on any atom is -0.463 e. The van der Waals surface area contributed by atoms with Crippen LogP contribution in [0.1, 0.15) is 20.8 Å². The Kier molecular flexibility index (Phi) is 7.88. The lowest BCUT2D eigenvalue weighted by Gasteiger charge is -2.39. The van der Waals surface area contributed by atoms with E-state index in [1.54, 1.807) is 0 Å². The highest BCUT2D eigenvalue weighted by Crippen LogP contribution is 2.54. The lowest BCUT2D eigenvalue weighted by molar-refractivity contribution is -0.0253. The summed E-state index contributed by atoms with van der Waals surface area (Å²) in [7, 11) is 0. The number of rotatable bonds is 6. The Morgan fingerprint density at radius 2 is 1.38 bits per heavy atom. The number of hydrogen-bond donors (Lipinski definition) is 0. The monoisotopic (exact) mass is 674 g/mol. The van der Waals surface area contributed by atoms with Crippen molar-refractivity contribution < 1.29 is 9.47 Å². The molecule has 0 heterocycles. The van der Waals surface area contributed by atoms with Gasteiger partial charge in [0.25, 0.3) is 0 Å². The van der Waals surface area contributed by atoms with Gasteiger partial charge in [-0.3, -0.25) is 0 Å². The van der Waals surface area contributed by atoms with Crippen molar-refractivity contribution in [3.63, 3.8) is 0 Å². The van der Waals surface area contributed by atoms with Crippen LogP contribution in [0.5, 0.6) is 5.75 Å². The molecule has 0 aliphatic heterocycles. The van der Waals surface area contributed by atoms with Crippen molar-refractivity contribution in [3.05, 3.63) is 54.6 Å². The van der Waals surface area contributed by atoms with Gasteiger partial charge in [0, 0.05) is 0 Å². The molecule has 0 N–H and O–H groups in total. The Labute approximate surface area is 197 Å². The quantitative estimate of drug-likeness (QED) is 0.287. The van der Waals surface area contributed by atoms with Gasteiger partial charge in [-0.25, -0.2) is 0 Å². The van der Waals surface area contributed by atoms with E-state index in [0.717, 1.165) is 11.1 Å². The van der Waals surface area contributed by atoms with Crippen LogP contribution < -0.4 is 4.74 Å². The summed E-state index contributed by atoms with van der Waals surface area (Å²) in [6.45, 7) is 5.98. The Morgan fingerprint density at radius 1 is 0.808 bits per heavy atom. The molecule has 142 valence electrons. The first-order chi connectivity index (χ1) is 11.9. The summed E-state index contributed by atoms with van der Waals surface area (Å²) in [6, 6.07) is 18.1. The summed E-state index contributed by atoms with van der Waals surface area (Å²) < 4.78 is 10.4. The molecule has 2 aromatic carbocycles. The third-order valence-corrected chi connectivity index (χ3v) is 11.1. The Hall–Kier alpha value is 0.600. The van der Waals surface area contributed by atoms with Crippen LogP contribution in [-0.4, -0.2) is 17.3 Å². The fraction of sp³-hybridized carbons (Fsp3) is 0.368. The first kappa shape index (κ1) is 22.9. The maximum absolute atomic E-state index is 6.19. The molecule has 0 bridgehead atoms. The predicted octanol–water partition coefficient (Wildman–Crippen LogP) is 8.20. The molecule has 1 atom stereocenters. The molecule has 1 unspecified atom stereocenters. The summed E-state index contributed by atoms with van der Waals surface area (Å²) >= 11 is 18.2. The van der Waals surface area contributed by atoms with Crippen LogP contribution in [0.4, 0.5) is 0 Å². The second-order valence-electron chi connectivity index (χ2n) is 6.68. The minimum atomic E-state index is -0.984. The molecule has 0 spiro atoms. The standard InChI is InChI=1S/C19H19Br5O2/c1-17(2,3)26-16(20)18(21,22)19(23,24)25-15-11-7-10-14(12-15)13-8-5-4-6-9-13/h4-12,16H,1-3H3. The van der Waals surface area contributed by atoms with Gasteiger partial charge in [-0.2, -0.15) is 0 Å². The summed E-state index contributed by atoms with van der Waals surface area (Å²) in [5.74, 6) is 0.707. The molecule has 0 radical (unpaired) electrons. The van der Waals surface area contributed by atoms with E-state index in [-0.39, 0.29) is 5.60 Å². The van der Waals surface area contributed by atoms with E-state index in [2.05, 4.69) is 97.8 Å². The van der Waals surface area contributed by atoms with E-state index >= 15 is 0 Å². The van der Waals surface area contributed by atoms with E-state index in [4.69, 9.17) is 9.47 Å². The van der Waals surface area contributed by atoms with Crippen LogP contribution in [0.25, 0.3) is 11.1 Å². The molecule has 2 rings (SSSR count). The number of ether oxygens (including phenoxy) is 2. The van der Waals surface area contributed by atoms with E-state index in [1.807, 2.05) is 57.2 Å². The third kappa shape index (κ3) is 6.05. The van der Waals surface area contributed by atoms with Crippen molar-refractivity contribution in [3.8, 4) is 16.9 Å². The van der Waals surface area contributed by atoms with Crippen LogP contribution >= 0.6 is 79.6 Å². The highest BCUT2D eigenvalue weighted by molar-refractivity contribution is 9.30. The average Bonchev–Trinajstić information content (AvgIpc) is 2.53. The molecule has 26 heavy (non-hydrogen) atoms. The van der Waals surface area contributed by atoms with Gasteiger partial charge in [0.2, 0.25) is 3.42 Å². The van der Waals surface area contributed by atoms with Gasteiger partial charge < -0.3 is 9.47 Å². The lowest BCUT2D eigenvalue weighted by Crippen LogP contribution is -2.48. The molecule has 7 heteroatoms. The maximum Gasteiger partial charge on any atom is 0.246 e. The van der Waals surface area contributed by atoms with Crippen LogP contribution in [0.2, 0.25) is 0 Å². The molecular formula is C19H19Br5O2. The average molecular weight is 679 g/mol. The minimum absolute atomic E-state index is 0.329. The smallest absolute Gasteiger partial charge is 0.246 e. The first-order valence-corrected chi connectivity index (χ1v) is 11.9. The molecule has 0 fully saturated rings. The second kappa shape index (κ2) is 8.95. The molecule has 2 nitrogen and oxygen atoms in total. The Bertz CT molecular complexity index is 726. The molecule has 0 aliphatic rings. The topological polar surface area (TPSA) is 18.5 Å². The van der Waals surface area contributed by atoms with Crippen LogP contribution in [0.15, 0.2) is 54.6 Å². The Balaban J connectivity index is 2.23. The van der Waals surface area contributed by atoms with Gasteiger partial charge in [0.05, 0.1) is 5.60 Å². The van der Waals surface area contributed by atoms with Crippen molar-refractivity contribution in [1.29, 1.82) is 0 Å². The number of halogens is 5. The molecule has 2 aromatic rings. The zero-order valence-electron chi connectivity index (χ0n) is 14.5. The number of benzene rings is 2. The predicted molar refractivity (Wildman–Crippen MR) is 127 cm³/mol. The largest absolute Gasteiger partial charge is 0.463 e. The summed E-state index contributed by atoms with van der Waals surface area (Å²) in [4.78, 5) is 0. The van der Waals surface area contributed by atoms with Crippen molar-refractivity contribution >= 4 is 79.6 Å². The van der Waals surface area contributed by atoms with Gasteiger partial charge in [-0.05, 0) is 75.9 Å². The third-order valence-electron chi connectivity index (χ3n) is 3.32. The lowest BCUT2D eigenvalue weighted by atomic mass is 10.1. The van der Waals surface area contributed by atoms with Gasteiger partial charge in [0.1, 0.15) is 10.8 Å². The summed E-state index contributed by atoms with van der Waals surface area (Å²) in [6.07, 6.45) is 0. The normalized spacial score (nSPS) is 14.2. The zero-order valence-corrected chi connectivity index (χ0v) is 22.4. The number of alkyl halides is 5. The molecule has 0 amide bonds. The van der Waals surface area contributed by atoms with Gasteiger partial charge in [-0.15, -0.1) is 0 Å². The van der Waals surface area contributed by atoms with E-state index < -0.39 is 11.7 Å². The van der Waals surface area contributed by atoms with E-state index in [9.17, 15) is 0 Å². The van der Waals surface area contributed by atoms with Crippen molar-refractivity contribution in [1.82, 2.24) is 0 Å². The van der Waals surface area contributed by atoms with Crippen LogP contribution in [0, 0.1) is 0 Å². The van der Waals surface area contributed by atoms with Gasteiger partial charge in [0.15, 0.2) is 3.23 Å². The van der Waals surface area contributed by atoms with Crippen molar-refractivity contribution in [2.75, 3.05) is 0 Å². The first-order valence-electron chi connectivity index (χ1n) is 7.84. The molecule has 0 saturated heterocycles. The van der Waals surface area contributed by atoms with Crippen molar-refractivity contribution in [2.45, 2.75) is 38.0 Å². The molecule has 0 aromatic heterocycles. The fourth-order valence-electron chi connectivity index (χ4n) is 2.10. The van der Waals surface area contributed by atoms with Crippen LogP contribution in [-0.2, 0) is 4.74 Å². The highest BCUT2D eigenvalue weighted by Gasteiger charge is 2.53. The Morgan fingerprint density at radius 3 is 1.96 bits per heavy atom. The van der Waals surface area contributed by atoms with Crippen LogP contribution in [0.3, 0.4) is 0 Å². The molecule has 0 aliphatic carbocycles. The fourth-order valence-corrected chi connectivity index (χ4v) is 4.74.